The Hall–Kier alpha value is -2.03. The molecule has 1 saturated carbocycles. The molecule has 2 fully saturated rings. The van der Waals surface area contributed by atoms with E-state index in [1.165, 1.54) is 6.07 Å². The molecule has 7 nitrogen and oxygen atoms in total. The Bertz CT molecular complexity index is 803. The summed E-state index contributed by atoms with van der Waals surface area (Å²) in [6.07, 6.45) is 3.13. The van der Waals surface area contributed by atoms with Crippen LogP contribution in [-0.2, 0) is 6.54 Å². The van der Waals surface area contributed by atoms with E-state index in [9.17, 15) is 4.39 Å². The largest absolute Gasteiger partial charge is 0.368 e. The molecule has 0 bridgehead atoms. The molecule has 9 heteroatoms. The van der Waals surface area contributed by atoms with Gasteiger partial charge in [0, 0.05) is 25.0 Å². The highest BCUT2D eigenvalue weighted by Crippen LogP contribution is 2.36. The van der Waals surface area contributed by atoms with E-state index < -0.39 is 5.82 Å². The number of nitrogens with zero attached hydrogens (tertiary/aromatic N) is 3. The first-order valence-electron chi connectivity index (χ1n) is 8.76. The average Bonchev–Trinajstić information content (AvgIpc) is 3.10. The summed E-state index contributed by atoms with van der Waals surface area (Å²) in [5.41, 5.74) is 13.1. The van der Waals surface area contributed by atoms with Gasteiger partial charge in [-0.05, 0) is 36.8 Å². The summed E-state index contributed by atoms with van der Waals surface area (Å²) in [6.45, 7) is 1.32. The molecular weight excluding hydrogens is 357 g/mol. The third-order valence-electron chi connectivity index (χ3n) is 5.15. The van der Waals surface area contributed by atoms with E-state index in [0.717, 1.165) is 25.8 Å². The minimum absolute atomic E-state index is 0.0976. The van der Waals surface area contributed by atoms with Crippen molar-refractivity contribution in [3.8, 4) is 0 Å². The maximum Gasteiger partial charge on any atom is 0.228 e. The van der Waals surface area contributed by atoms with Crippen LogP contribution in [0.2, 0.25) is 5.02 Å². The third kappa shape index (κ3) is 3.58. The van der Waals surface area contributed by atoms with Crippen LogP contribution in [0.15, 0.2) is 18.2 Å². The fourth-order valence-corrected chi connectivity index (χ4v) is 3.93. The van der Waals surface area contributed by atoms with Crippen molar-refractivity contribution >= 4 is 23.5 Å². The lowest BCUT2D eigenvalue weighted by molar-refractivity contribution is 0.296. The first-order chi connectivity index (χ1) is 12.6. The number of anilines is 2. The van der Waals surface area contributed by atoms with Crippen LogP contribution in [0.5, 0.6) is 0 Å². The van der Waals surface area contributed by atoms with E-state index in [-0.39, 0.29) is 16.9 Å². The van der Waals surface area contributed by atoms with Crippen LogP contribution in [0.1, 0.15) is 36.6 Å². The van der Waals surface area contributed by atoms with E-state index in [0.29, 0.717) is 35.8 Å². The van der Waals surface area contributed by atoms with Crippen molar-refractivity contribution < 1.29 is 4.39 Å². The number of rotatable bonds is 4. The number of nitrogens with one attached hydrogen (secondary N) is 3. The number of hydrogen-bond donors (Lipinski definition) is 4. The average molecular weight is 378 g/mol. The number of hydrogen-bond acceptors (Lipinski definition) is 7. The van der Waals surface area contributed by atoms with Crippen LogP contribution in [0, 0.1) is 11.7 Å². The second-order valence-corrected chi connectivity index (χ2v) is 7.22. The Morgan fingerprint density at radius 2 is 2.15 bits per heavy atom. The molecule has 1 aliphatic carbocycles. The lowest BCUT2D eigenvalue weighted by Gasteiger charge is -2.29. The molecule has 0 amide bonds. The maximum absolute atomic E-state index is 13.6. The minimum Gasteiger partial charge on any atom is -0.368 e. The Balaban J connectivity index is 1.48. The summed E-state index contributed by atoms with van der Waals surface area (Å²) in [5, 5.41) is 3.17. The number of nitrogen functional groups attached to an aromatic ring is 1. The molecule has 26 heavy (non-hydrogen) atoms. The Morgan fingerprint density at radius 3 is 3.04 bits per heavy atom. The van der Waals surface area contributed by atoms with Crippen molar-refractivity contribution in [2.45, 2.75) is 37.8 Å². The third-order valence-corrected chi connectivity index (χ3v) is 5.57. The molecule has 2 aliphatic rings. The van der Waals surface area contributed by atoms with E-state index in [2.05, 4.69) is 31.1 Å². The van der Waals surface area contributed by atoms with Crippen LogP contribution in [-0.4, -0.2) is 27.5 Å². The predicted octanol–water partition coefficient (Wildman–Crippen LogP) is 2.22. The van der Waals surface area contributed by atoms with Crippen LogP contribution >= 0.6 is 11.6 Å². The molecule has 1 saturated heterocycles. The summed E-state index contributed by atoms with van der Waals surface area (Å²) in [4.78, 5) is 13.0. The molecule has 0 spiro atoms. The number of benzene rings is 1. The molecule has 2 heterocycles. The lowest BCUT2D eigenvalue weighted by atomic mass is 9.79. The van der Waals surface area contributed by atoms with Gasteiger partial charge in [-0.25, -0.2) is 4.39 Å². The zero-order valence-corrected chi connectivity index (χ0v) is 14.9. The molecule has 3 atom stereocenters. The van der Waals surface area contributed by atoms with E-state index in [4.69, 9.17) is 17.3 Å². The fraction of sp³-hybridized carbons (Fsp3) is 0.471. The summed E-state index contributed by atoms with van der Waals surface area (Å²) in [6, 6.07) is 5.14. The van der Waals surface area contributed by atoms with E-state index in [1.807, 2.05) is 0 Å². The van der Waals surface area contributed by atoms with Crippen LogP contribution < -0.4 is 21.9 Å². The molecular formula is C17H21ClFN7. The Labute approximate surface area is 155 Å². The number of aromatic nitrogens is 3. The summed E-state index contributed by atoms with van der Waals surface area (Å²) < 4.78 is 13.6. The smallest absolute Gasteiger partial charge is 0.228 e. The van der Waals surface area contributed by atoms with Crippen molar-refractivity contribution in [1.29, 1.82) is 0 Å². The maximum atomic E-state index is 13.6. The fourth-order valence-electron chi connectivity index (χ4n) is 3.74. The van der Waals surface area contributed by atoms with Gasteiger partial charge >= 0.3 is 0 Å². The first kappa shape index (κ1) is 17.4. The van der Waals surface area contributed by atoms with Gasteiger partial charge in [0.1, 0.15) is 11.6 Å². The summed E-state index contributed by atoms with van der Waals surface area (Å²) in [7, 11) is 0. The monoisotopic (exact) mass is 377 g/mol. The van der Waals surface area contributed by atoms with Gasteiger partial charge < -0.3 is 11.1 Å². The number of nitrogens with two attached hydrogens (primary N) is 1. The topological polar surface area (TPSA) is 101 Å². The molecule has 2 aromatic rings. The van der Waals surface area contributed by atoms with Crippen LogP contribution in [0.25, 0.3) is 0 Å². The van der Waals surface area contributed by atoms with Crippen molar-refractivity contribution in [2.24, 2.45) is 5.92 Å². The molecule has 1 aliphatic heterocycles. The molecule has 5 N–H and O–H groups in total. The number of hydrazine groups is 1. The van der Waals surface area contributed by atoms with E-state index >= 15 is 0 Å². The summed E-state index contributed by atoms with van der Waals surface area (Å²) >= 11 is 5.99. The second-order valence-electron chi connectivity index (χ2n) is 6.84. The quantitative estimate of drug-likeness (QED) is 0.648. The molecule has 138 valence electrons. The predicted molar refractivity (Wildman–Crippen MR) is 98.0 cm³/mol. The van der Waals surface area contributed by atoms with Gasteiger partial charge in [0.15, 0.2) is 0 Å². The number of halogens is 2. The van der Waals surface area contributed by atoms with Gasteiger partial charge in [-0.3, -0.25) is 10.9 Å². The van der Waals surface area contributed by atoms with Gasteiger partial charge in [-0.1, -0.05) is 23.7 Å². The van der Waals surface area contributed by atoms with Crippen molar-refractivity contribution in [3.63, 3.8) is 0 Å². The molecule has 1 aromatic heterocycles. The zero-order valence-electron chi connectivity index (χ0n) is 14.2. The van der Waals surface area contributed by atoms with Gasteiger partial charge in [0.2, 0.25) is 11.9 Å². The van der Waals surface area contributed by atoms with Crippen molar-refractivity contribution in [3.05, 3.63) is 40.4 Å². The highest BCUT2D eigenvalue weighted by molar-refractivity contribution is 6.31. The molecule has 3 unspecified atom stereocenters. The van der Waals surface area contributed by atoms with Gasteiger partial charge in [-0.2, -0.15) is 15.0 Å². The summed E-state index contributed by atoms with van der Waals surface area (Å²) in [5.74, 6) is 1.73. The molecule has 1 aromatic carbocycles. The van der Waals surface area contributed by atoms with Crippen molar-refractivity contribution in [2.75, 3.05) is 17.6 Å². The Kier molecular flexibility index (Phi) is 4.88. The Morgan fingerprint density at radius 1 is 1.27 bits per heavy atom. The highest BCUT2D eigenvalue weighted by Gasteiger charge is 2.35. The lowest BCUT2D eigenvalue weighted by Crippen LogP contribution is -2.36. The van der Waals surface area contributed by atoms with Gasteiger partial charge in [0.05, 0.1) is 5.02 Å². The number of fused-ring (bicyclic) bond motifs is 1. The van der Waals surface area contributed by atoms with Gasteiger partial charge in [0.25, 0.3) is 0 Å². The second kappa shape index (κ2) is 7.30. The molecule has 0 radical (unpaired) electrons. The highest BCUT2D eigenvalue weighted by atomic mass is 35.5. The van der Waals surface area contributed by atoms with Gasteiger partial charge in [-0.15, -0.1) is 0 Å². The first-order valence-corrected chi connectivity index (χ1v) is 9.14. The zero-order chi connectivity index (χ0) is 18.1. The van der Waals surface area contributed by atoms with Crippen molar-refractivity contribution in [1.82, 2.24) is 25.8 Å². The van der Waals surface area contributed by atoms with E-state index in [1.54, 1.807) is 12.1 Å². The van der Waals surface area contributed by atoms with Crippen LogP contribution in [0.4, 0.5) is 16.3 Å². The SMILES string of the molecule is Nc1nc(NCc2cccc(F)c2Cl)nc(C2CCC3CNNC3C2)n1. The minimum atomic E-state index is -0.448. The van der Waals surface area contributed by atoms with Crippen LogP contribution in [0.3, 0.4) is 0 Å². The normalized spacial score (nSPS) is 25.1. The standard InChI is InChI=1S/C17H21ClFN7/c18-14-11(2-1-3-12(14)19)7-21-17-24-15(23-16(20)25-17)9-4-5-10-8-22-26-13(10)6-9/h1-3,9-10,13,22,26H,4-8H2,(H3,20,21,23,24,25). The molecule has 4 rings (SSSR count).